The quantitative estimate of drug-likeness (QED) is 0.634. The van der Waals surface area contributed by atoms with Crippen LogP contribution in [0.15, 0.2) is 48.5 Å². The summed E-state index contributed by atoms with van der Waals surface area (Å²) in [4.78, 5) is 26.5. The topological polar surface area (TPSA) is 133 Å². The van der Waals surface area contributed by atoms with Crippen LogP contribution in [0.2, 0.25) is 0 Å². The lowest BCUT2D eigenvalue weighted by atomic mass is 10.1. The maximum Gasteiger partial charge on any atom is 0.322 e. The van der Waals surface area contributed by atoms with Gasteiger partial charge < -0.3 is 20.3 Å². The number of ether oxygens (including phenoxy) is 1. The lowest BCUT2D eigenvalue weighted by molar-refractivity contribution is -0.135. The molecule has 3 rings (SSSR count). The number of carboxylic acids is 1. The van der Waals surface area contributed by atoms with Crippen LogP contribution in [0.5, 0.6) is 17.2 Å². The molecule has 0 unspecified atom stereocenters. The fourth-order valence-corrected chi connectivity index (χ4v) is 2.45. The van der Waals surface area contributed by atoms with Gasteiger partial charge in [0.1, 0.15) is 29.8 Å². The van der Waals surface area contributed by atoms with Gasteiger partial charge in [-0.1, -0.05) is 18.2 Å². The molecule has 0 fully saturated rings. The number of aromatic hydroxyl groups is 1. The summed E-state index contributed by atoms with van der Waals surface area (Å²) in [5, 5.41) is 31.0. The van der Waals surface area contributed by atoms with E-state index in [9.17, 15) is 20.0 Å². The van der Waals surface area contributed by atoms with Gasteiger partial charge in [-0.2, -0.15) is 5.26 Å². The number of nitriles is 1. The predicted molar refractivity (Wildman–Crippen MR) is 94.6 cm³/mol. The number of nitrogens with one attached hydrogen (secondary N) is 1. The van der Waals surface area contributed by atoms with Gasteiger partial charge in [-0.15, -0.1) is 0 Å². The Balaban J connectivity index is 2.02. The first-order valence-corrected chi connectivity index (χ1v) is 7.79. The smallest absolute Gasteiger partial charge is 0.322 e. The Morgan fingerprint density at radius 2 is 1.85 bits per heavy atom. The lowest BCUT2D eigenvalue weighted by Gasteiger charge is -2.11. The lowest BCUT2D eigenvalue weighted by Crippen LogP contribution is -2.30. The first-order valence-electron chi connectivity index (χ1n) is 7.79. The first-order chi connectivity index (χ1) is 13.0. The van der Waals surface area contributed by atoms with Crippen molar-refractivity contribution in [1.29, 1.82) is 5.26 Å². The molecule has 0 atom stereocenters. The zero-order valence-corrected chi connectivity index (χ0v) is 13.8. The zero-order valence-electron chi connectivity index (χ0n) is 13.8. The summed E-state index contributed by atoms with van der Waals surface area (Å²) >= 11 is 0. The number of rotatable bonds is 5. The number of fused-ring (bicyclic) bond motifs is 1. The van der Waals surface area contributed by atoms with Crippen molar-refractivity contribution in [2.75, 3.05) is 6.54 Å². The van der Waals surface area contributed by atoms with E-state index in [0.29, 0.717) is 16.9 Å². The van der Waals surface area contributed by atoms with Crippen molar-refractivity contribution in [3.63, 3.8) is 0 Å². The molecule has 1 aromatic heterocycles. The van der Waals surface area contributed by atoms with Crippen molar-refractivity contribution in [2.45, 2.75) is 0 Å². The Bertz CT molecular complexity index is 1070. The molecule has 3 N–H and O–H groups in total. The number of amides is 1. The molecule has 0 aliphatic rings. The molecule has 0 aliphatic heterocycles. The third-order valence-electron chi connectivity index (χ3n) is 3.65. The summed E-state index contributed by atoms with van der Waals surface area (Å²) in [7, 11) is 0. The van der Waals surface area contributed by atoms with Crippen molar-refractivity contribution in [3.05, 3.63) is 59.9 Å². The van der Waals surface area contributed by atoms with Gasteiger partial charge in [-0.25, -0.2) is 4.98 Å². The van der Waals surface area contributed by atoms with Gasteiger partial charge >= 0.3 is 5.97 Å². The standard InChI is InChI=1S/C19H13N3O5/c20-9-15-14-8-12(27-11-4-2-1-3-5-11)6-7-13(14)18(25)17(22-15)19(26)21-10-16(23)24/h1-8,25H,10H2,(H,21,26)(H,23,24). The molecule has 0 saturated heterocycles. The van der Waals surface area contributed by atoms with Gasteiger partial charge in [0.25, 0.3) is 5.91 Å². The highest BCUT2D eigenvalue weighted by Gasteiger charge is 2.20. The summed E-state index contributed by atoms with van der Waals surface area (Å²) in [6.07, 6.45) is 0. The van der Waals surface area contributed by atoms with Crippen LogP contribution in [0.4, 0.5) is 0 Å². The van der Waals surface area contributed by atoms with Gasteiger partial charge in [0, 0.05) is 10.8 Å². The fraction of sp³-hybridized carbons (Fsp3) is 0.0526. The van der Waals surface area contributed by atoms with Crippen molar-refractivity contribution in [2.24, 2.45) is 0 Å². The zero-order chi connectivity index (χ0) is 19.4. The second-order valence-corrected chi connectivity index (χ2v) is 5.47. The molecule has 134 valence electrons. The molecule has 2 aromatic carbocycles. The van der Waals surface area contributed by atoms with Crippen LogP contribution in [0.25, 0.3) is 10.8 Å². The molecule has 3 aromatic rings. The summed E-state index contributed by atoms with van der Waals surface area (Å²) < 4.78 is 5.71. The van der Waals surface area contributed by atoms with Gasteiger partial charge in [-0.3, -0.25) is 9.59 Å². The molecular weight excluding hydrogens is 350 g/mol. The largest absolute Gasteiger partial charge is 0.505 e. The van der Waals surface area contributed by atoms with Crippen LogP contribution in [0.3, 0.4) is 0 Å². The van der Waals surface area contributed by atoms with E-state index >= 15 is 0 Å². The van der Waals surface area contributed by atoms with Crippen LogP contribution in [-0.4, -0.2) is 33.6 Å². The Morgan fingerprint density at radius 1 is 1.11 bits per heavy atom. The Labute approximate surface area is 153 Å². The maximum atomic E-state index is 12.1. The summed E-state index contributed by atoms with van der Waals surface area (Å²) in [6.45, 7) is -0.635. The van der Waals surface area contributed by atoms with Crippen LogP contribution in [-0.2, 0) is 4.79 Å². The molecule has 1 amide bonds. The molecule has 0 aliphatic carbocycles. The van der Waals surface area contributed by atoms with E-state index in [0.717, 1.165) is 0 Å². The number of hydrogen-bond donors (Lipinski definition) is 3. The van der Waals surface area contributed by atoms with E-state index in [4.69, 9.17) is 9.84 Å². The summed E-state index contributed by atoms with van der Waals surface area (Å²) in [6, 6.07) is 15.5. The number of para-hydroxylation sites is 1. The SMILES string of the molecule is N#Cc1nc(C(=O)NCC(=O)O)c(O)c2ccc(Oc3ccccc3)cc12. The van der Waals surface area contributed by atoms with E-state index in [1.54, 1.807) is 18.2 Å². The van der Waals surface area contributed by atoms with Crippen LogP contribution >= 0.6 is 0 Å². The van der Waals surface area contributed by atoms with E-state index in [-0.39, 0.29) is 11.1 Å². The molecule has 0 spiro atoms. The number of aromatic nitrogens is 1. The third-order valence-corrected chi connectivity index (χ3v) is 3.65. The van der Waals surface area contributed by atoms with E-state index < -0.39 is 29.9 Å². The molecular formula is C19H13N3O5. The normalized spacial score (nSPS) is 10.2. The van der Waals surface area contributed by atoms with Gasteiger partial charge in [-0.05, 0) is 30.3 Å². The molecule has 8 nitrogen and oxygen atoms in total. The Hall–Kier alpha value is -4.12. The van der Waals surface area contributed by atoms with Gasteiger partial charge in [0.15, 0.2) is 11.4 Å². The van der Waals surface area contributed by atoms with Crippen LogP contribution in [0, 0.1) is 11.3 Å². The summed E-state index contributed by atoms with van der Waals surface area (Å²) in [5.41, 5.74) is -0.515. The third kappa shape index (κ3) is 3.77. The second-order valence-electron chi connectivity index (χ2n) is 5.47. The number of nitrogens with zero attached hydrogens (tertiary/aromatic N) is 2. The molecule has 8 heteroatoms. The van der Waals surface area contributed by atoms with Crippen LogP contribution < -0.4 is 10.1 Å². The second kappa shape index (κ2) is 7.41. The van der Waals surface area contributed by atoms with Crippen molar-refractivity contribution >= 4 is 22.6 Å². The number of carbonyl (C=O) groups is 2. The highest BCUT2D eigenvalue weighted by Crippen LogP contribution is 2.33. The van der Waals surface area contributed by atoms with Crippen molar-refractivity contribution in [1.82, 2.24) is 10.3 Å². The first kappa shape index (κ1) is 17.7. The summed E-state index contributed by atoms with van der Waals surface area (Å²) in [5.74, 6) is -1.56. The molecule has 0 saturated carbocycles. The number of hydrogen-bond acceptors (Lipinski definition) is 6. The minimum absolute atomic E-state index is 0.0956. The number of pyridine rings is 1. The Morgan fingerprint density at radius 3 is 2.52 bits per heavy atom. The highest BCUT2D eigenvalue weighted by molar-refractivity contribution is 6.03. The number of benzene rings is 2. The molecule has 0 bridgehead atoms. The number of carbonyl (C=O) groups excluding carboxylic acids is 1. The number of aliphatic carboxylic acids is 1. The van der Waals surface area contributed by atoms with Crippen molar-refractivity contribution < 1.29 is 24.5 Å². The number of carboxylic acid groups (broad SMARTS) is 1. The van der Waals surface area contributed by atoms with E-state index in [1.807, 2.05) is 24.3 Å². The average molecular weight is 363 g/mol. The average Bonchev–Trinajstić information content (AvgIpc) is 2.67. The minimum atomic E-state index is -1.24. The van der Waals surface area contributed by atoms with E-state index in [2.05, 4.69) is 10.3 Å². The molecule has 0 radical (unpaired) electrons. The van der Waals surface area contributed by atoms with Crippen molar-refractivity contribution in [3.8, 4) is 23.3 Å². The molecule has 1 heterocycles. The Kier molecular flexibility index (Phi) is 4.86. The highest BCUT2D eigenvalue weighted by atomic mass is 16.5. The van der Waals surface area contributed by atoms with Gasteiger partial charge in [0.2, 0.25) is 0 Å². The predicted octanol–water partition coefficient (Wildman–Crippen LogP) is 2.42. The maximum absolute atomic E-state index is 12.1. The minimum Gasteiger partial charge on any atom is -0.505 e. The monoisotopic (exact) mass is 363 g/mol. The van der Waals surface area contributed by atoms with Gasteiger partial charge in [0.05, 0.1) is 0 Å². The van der Waals surface area contributed by atoms with Crippen LogP contribution in [0.1, 0.15) is 16.2 Å². The molecule has 27 heavy (non-hydrogen) atoms. The fourth-order valence-electron chi connectivity index (χ4n) is 2.45. The van der Waals surface area contributed by atoms with E-state index in [1.165, 1.54) is 12.1 Å².